The molecule has 2 heterocycles. The SMILES string of the molecule is CC(C)(C)OC(=O)CCn1nc(Nc2ccc(F)c(C(F)(F)F)c2)nc1-c1ccnc(C#N)c1. The second-order valence-electron chi connectivity index (χ2n) is 8.18. The van der Waals surface area contributed by atoms with Crippen molar-refractivity contribution in [1.29, 1.82) is 5.26 Å². The standard InChI is InChI=1S/C22H20F4N6O2/c1-21(2,3)34-18(33)7-9-32-19(13-6-8-28-15(10-13)12-27)30-20(31-32)29-14-4-5-17(23)16(11-14)22(24,25)26/h4-6,8,10-11H,7,9H2,1-3H3,(H,29,31). The molecule has 2 aromatic heterocycles. The lowest BCUT2D eigenvalue weighted by atomic mass is 10.2. The van der Waals surface area contributed by atoms with Crippen LogP contribution in [-0.4, -0.2) is 31.3 Å². The Morgan fingerprint density at radius 1 is 1.21 bits per heavy atom. The van der Waals surface area contributed by atoms with E-state index in [0.29, 0.717) is 17.7 Å². The highest BCUT2D eigenvalue weighted by atomic mass is 19.4. The number of carbonyl (C=O) groups is 1. The fraction of sp³-hybridized carbons (Fsp3) is 0.318. The van der Waals surface area contributed by atoms with E-state index in [1.165, 1.54) is 16.9 Å². The third-order valence-corrected chi connectivity index (χ3v) is 4.28. The number of ether oxygens (including phenoxy) is 1. The number of esters is 1. The van der Waals surface area contributed by atoms with E-state index in [-0.39, 0.29) is 36.1 Å². The van der Waals surface area contributed by atoms with Crippen LogP contribution in [0.4, 0.5) is 29.2 Å². The summed E-state index contributed by atoms with van der Waals surface area (Å²) in [7, 11) is 0. The van der Waals surface area contributed by atoms with E-state index in [2.05, 4.69) is 20.4 Å². The highest BCUT2D eigenvalue weighted by Gasteiger charge is 2.34. The highest BCUT2D eigenvalue weighted by Crippen LogP contribution is 2.33. The maximum atomic E-state index is 13.6. The summed E-state index contributed by atoms with van der Waals surface area (Å²) in [5.74, 6) is -1.74. The van der Waals surface area contributed by atoms with Crippen molar-refractivity contribution in [2.24, 2.45) is 0 Å². The molecule has 178 valence electrons. The average Bonchev–Trinajstić information content (AvgIpc) is 3.14. The highest BCUT2D eigenvalue weighted by molar-refractivity contribution is 5.70. The van der Waals surface area contributed by atoms with Gasteiger partial charge in [0.05, 0.1) is 18.5 Å². The molecule has 8 nitrogen and oxygen atoms in total. The summed E-state index contributed by atoms with van der Waals surface area (Å²) in [4.78, 5) is 20.3. The summed E-state index contributed by atoms with van der Waals surface area (Å²) < 4.78 is 59.4. The fourth-order valence-corrected chi connectivity index (χ4v) is 2.93. The van der Waals surface area contributed by atoms with Crippen molar-refractivity contribution in [3.63, 3.8) is 0 Å². The number of aryl methyl sites for hydroxylation is 1. The number of pyridine rings is 1. The fourth-order valence-electron chi connectivity index (χ4n) is 2.93. The van der Waals surface area contributed by atoms with E-state index in [1.807, 2.05) is 6.07 Å². The number of nitrogens with zero attached hydrogens (tertiary/aromatic N) is 5. The molecule has 0 aliphatic carbocycles. The Morgan fingerprint density at radius 3 is 2.59 bits per heavy atom. The van der Waals surface area contributed by atoms with Gasteiger partial charge in [-0.25, -0.2) is 14.1 Å². The van der Waals surface area contributed by atoms with Crippen molar-refractivity contribution in [2.75, 3.05) is 5.32 Å². The number of nitriles is 1. The zero-order valence-corrected chi connectivity index (χ0v) is 18.4. The first-order chi connectivity index (χ1) is 15.9. The molecule has 0 atom stereocenters. The van der Waals surface area contributed by atoms with Crippen LogP contribution in [0.1, 0.15) is 38.4 Å². The van der Waals surface area contributed by atoms with Crippen molar-refractivity contribution < 1.29 is 27.1 Å². The van der Waals surface area contributed by atoms with Crippen molar-refractivity contribution in [3.8, 4) is 17.5 Å². The van der Waals surface area contributed by atoms with Crippen LogP contribution in [0.5, 0.6) is 0 Å². The number of aromatic nitrogens is 4. The molecule has 0 saturated carbocycles. The number of anilines is 2. The molecule has 0 fully saturated rings. The van der Waals surface area contributed by atoms with Gasteiger partial charge in [-0.1, -0.05) is 0 Å². The van der Waals surface area contributed by atoms with Crippen molar-refractivity contribution in [2.45, 2.75) is 45.5 Å². The first-order valence-corrected chi connectivity index (χ1v) is 10.0. The first-order valence-electron chi connectivity index (χ1n) is 10.0. The molecule has 0 amide bonds. The molecule has 12 heteroatoms. The molecular formula is C22H20F4N6O2. The van der Waals surface area contributed by atoms with Crippen LogP contribution < -0.4 is 5.32 Å². The number of halogens is 4. The van der Waals surface area contributed by atoms with Crippen LogP contribution in [-0.2, 0) is 22.3 Å². The number of carbonyl (C=O) groups excluding carboxylic acids is 1. The van der Waals surface area contributed by atoms with Crippen molar-refractivity contribution in [3.05, 3.63) is 53.6 Å². The Balaban J connectivity index is 1.93. The van der Waals surface area contributed by atoms with E-state index < -0.39 is 29.1 Å². The van der Waals surface area contributed by atoms with E-state index in [4.69, 9.17) is 10.00 Å². The average molecular weight is 476 g/mol. The molecule has 0 spiro atoms. The predicted molar refractivity (Wildman–Crippen MR) is 113 cm³/mol. The van der Waals surface area contributed by atoms with Gasteiger partial charge in [0.15, 0.2) is 5.82 Å². The summed E-state index contributed by atoms with van der Waals surface area (Å²) in [6.45, 7) is 5.23. The monoisotopic (exact) mass is 476 g/mol. The van der Waals surface area contributed by atoms with E-state index in [9.17, 15) is 22.4 Å². The number of rotatable bonds is 6. The molecule has 0 saturated heterocycles. The van der Waals surface area contributed by atoms with Gasteiger partial charge in [-0.05, 0) is 51.1 Å². The molecule has 3 aromatic rings. The van der Waals surface area contributed by atoms with Crippen LogP contribution in [0.25, 0.3) is 11.4 Å². The zero-order chi connectivity index (χ0) is 25.1. The van der Waals surface area contributed by atoms with Gasteiger partial charge in [0.25, 0.3) is 0 Å². The van der Waals surface area contributed by atoms with E-state index >= 15 is 0 Å². The van der Waals surface area contributed by atoms with Gasteiger partial charge >= 0.3 is 12.1 Å². The van der Waals surface area contributed by atoms with E-state index in [0.717, 1.165) is 6.07 Å². The van der Waals surface area contributed by atoms with Crippen LogP contribution in [0.15, 0.2) is 36.5 Å². The summed E-state index contributed by atoms with van der Waals surface area (Å²) >= 11 is 0. The Kier molecular flexibility index (Phi) is 6.85. The molecule has 0 radical (unpaired) electrons. The Bertz CT molecular complexity index is 1240. The number of hydrogen-bond acceptors (Lipinski definition) is 7. The van der Waals surface area contributed by atoms with Crippen LogP contribution in [0, 0.1) is 17.1 Å². The Morgan fingerprint density at radius 2 is 1.94 bits per heavy atom. The smallest absolute Gasteiger partial charge is 0.419 e. The van der Waals surface area contributed by atoms with Gasteiger partial charge in [0.1, 0.15) is 23.2 Å². The number of nitrogens with one attached hydrogen (secondary N) is 1. The molecule has 1 N–H and O–H groups in total. The maximum Gasteiger partial charge on any atom is 0.419 e. The molecule has 0 aliphatic rings. The Labute approximate surface area is 192 Å². The summed E-state index contributed by atoms with van der Waals surface area (Å²) in [5.41, 5.74) is -1.64. The molecular weight excluding hydrogens is 456 g/mol. The number of alkyl halides is 3. The van der Waals surface area contributed by atoms with Gasteiger partial charge < -0.3 is 10.1 Å². The number of hydrogen-bond donors (Lipinski definition) is 1. The third-order valence-electron chi connectivity index (χ3n) is 4.28. The van der Waals surface area contributed by atoms with Crippen LogP contribution in [0.3, 0.4) is 0 Å². The molecule has 34 heavy (non-hydrogen) atoms. The lowest BCUT2D eigenvalue weighted by Gasteiger charge is -2.19. The molecule has 0 aliphatic heterocycles. The van der Waals surface area contributed by atoms with Crippen molar-refractivity contribution >= 4 is 17.6 Å². The normalized spacial score (nSPS) is 11.7. The second-order valence-corrected chi connectivity index (χ2v) is 8.18. The molecule has 0 bridgehead atoms. The number of benzene rings is 1. The van der Waals surface area contributed by atoms with E-state index in [1.54, 1.807) is 26.8 Å². The lowest BCUT2D eigenvalue weighted by Crippen LogP contribution is -2.24. The minimum Gasteiger partial charge on any atom is -0.460 e. The summed E-state index contributed by atoms with van der Waals surface area (Å²) in [5, 5.41) is 16.0. The molecule has 1 aromatic carbocycles. The van der Waals surface area contributed by atoms with Crippen LogP contribution >= 0.6 is 0 Å². The first kappa shape index (κ1) is 24.6. The minimum absolute atomic E-state index is 0.0420. The Hall–Kier alpha value is -4.01. The topological polar surface area (TPSA) is 106 Å². The van der Waals surface area contributed by atoms with Gasteiger partial charge in [0.2, 0.25) is 5.95 Å². The van der Waals surface area contributed by atoms with Gasteiger partial charge in [-0.2, -0.15) is 23.4 Å². The van der Waals surface area contributed by atoms with Gasteiger partial charge in [-0.3, -0.25) is 4.79 Å². The quantitative estimate of drug-likeness (QED) is 0.401. The minimum atomic E-state index is -4.88. The lowest BCUT2D eigenvalue weighted by molar-refractivity contribution is -0.155. The molecule has 3 rings (SSSR count). The third kappa shape index (κ3) is 6.28. The summed E-state index contributed by atoms with van der Waals surface area (Å²) in [6, 6.07) is 7.34. The summed E-state index contributed by atoms with van der Waals surface area (Å²) in [6.07, 6.45) is -3.54. The maximum absolute atomic E-state index is 13.6. The zero-order valence-electron chi connectivity index (χ0n) is 18.4. The van der Waals surface area contributed by atoms with Gasteiger partial charge in [0, 0.05) is 17.4 Å². The predicted octanol–water partition coefficient (Wildman–Crippen LogP) is 4.85. The second kappa shape index (κ2) is 9.46. The van der Waals surface area contributed by atoms with Gasteiger partial charge in [-0.15, -0.1) is 5.10 Å². The van der Waals surface area contributed by atoms with Crippen LogP contribution in [0.2, 0.25) is 0 Å². The largest absolute Gasteiger partial charge is 0.460 e. The van der Waals surface area contributed by atoms with Crippen molar-refractivity contribution in [1.82, 2.24) is 19.7 Å². The molecule has 0 unspecified atom stereocenters.